The van der Waals surface area contributed by atoms with E-state index in [1.54, 1.807) is 4.90 Å². The topological polar surface area (TPSA) is 49.4 Å². The van der Waals surface area contributed by atoms with Crippen LogP contribution in [0.3, 0.4) is 0 Å². The minimum Gasteiger partial charge on any atom is -0.305 e. The van der Waals surface area contributed by atoms with Crippen LogP contribution in [-0.2, 0) is 24.2 Å². The summed E-state index contributed by atoms with van der Waals surface area (Å²) in [4.78, 5) is 26.2. The van der Waals surface area contributed by atoms with Crippen molar-refractivity contribution < 1.29 is 9.59 Å². The van der Waals surface area contributed by atoms with E-state index in [-0.39, 0.29) is 11.9 Å². The third-order valence-corrected chi connectivity index (χ3v) is 5.34. The molecule has 4 rings (SSSR count). The molecule has 3 amide bonds. The molecule has 1 saturated heterocycles. The molecule has 4 heteroatoms. The lowest BCUT2D eigenvalue weighted by Gasteiger charge is -2.31. The second-order valence-electron chi connectivity index (χ2n) is 6.54. The smallest absolute Gasteiger partial charge is 0.305 e. The summed E-state index contributed by atoms with van der Waals surface area (Å²) in [6.45, 7) is 0.546. The van der Waals surface area contributed by atoms with E-state index in [0.717, 1.165) is 37.7 Å². The summed E-state index contributed by atoms with van der Waals surface area (Å²) in [6, 6.07) is 6.31. The van der Waals surface area contributed by atoms with Gasteiger partial charge >= 0.3 is 6.03 Å². The molecule has 1 heterocycles. The molecule has 1 spiro atoms. The van der Waals surface area contributed by atoms with E-state index in [2.05, 4.69) is 23.5 Å². The van der Waals surface area contributed by atoms with Crippen LogP contribution >= 0.6 is 0 Å². The van der Waals surface area contributed by atoms with Crippen LogP contribution in [0.5, 0.6) is 0 Å². The van der Waals surface area contributed by atoms with E-state index in [1.807, 2.05) is 0 Å². The molecule has 0 aromatic heterocycles. The molecular weight excluding hydrogens is 264 g/mol. The van der Waals surface area contributed by atoms with Gasteiger partial charge < -0.3 is 4.90 Å². The number of hydrogen-bond donors (Lipinski definition) is 1. The number of aryl methyl sites for hydroxylation is 2. The quantitative estimate of drug-likeness (QED) is 0.848. The van der Waals surface area contributed by atoms with Crippen molar-refractivity contribution in [2.24, 2.45) is 0 Å². The standard InChI is InChI=1S/C17H20N2O2/c20-15-17(8-1-2-9-17)19(16(21)18-15)11-12-6-7-13-4-3-5-14(13)10-12/h6-7,10H,1-5,8-9,11H2,(H,18,20,21). The van der Waals surface area contributed by atoms with Gasteiger partial charge in [0, 0.05) is 6.54 Å². The maximum Gasteiger partial charge on any atom is 0.325 e. The Morgan fingerprint density at radius 3 is 2.62 bits per heavy atom. The van der Waals surface area contributed by atoms with Crippen molar-refractivity contribution in [3.05, 3.63) is 34.9 Å². The number of imide groups is 1. The van der Waals surface area contributed by atoms with Gasteiger partial charge in [-0.3, -0.25) is 10.1 Å². The summed E-state index contributed by atoms with van der Waals surface area (Å²) in [6.07, 6.45) is 7.20. The van der Waals surface area contributed by atoms with Gasteiger partial charge in [-0.25, -0.2) is 4.79 Å². The fraction of sp³-hybridized carbons (Fsp3) is 0.529. The lowest BCUT2D eigenvalue weighted by molar-refractivity contribution is -0.126. The number of amides is 3. The van der Waals surface area contributed by atoms with Crippen molar-refractivity contribution >= 4 is 11.9 Å². The van der Waals surface area contributed by atoms with Gasteiger partial charge in [0.05, 0.1) is 0 Å². The molecule has 0 radical (unpaired) electrons. The molecule has 2 aliphatic carbocycles. The Morgan fingerprint density at radius 1 is 1.05 bits per heavy atom. The highest BCUT2D eigenvalue weighted by atomic mass is 16.2. The van der Waals surface area contributed by atoms with Gasteiger partial charge in [-0.05, 0) is 48.8 Å². The van der Waals surface area contributed by atoms with Gasteiger partial charge in [-0.1, -0.05) is 31.0 Å². The number of nitrogens with one attached hydrogen (secondary N) is 1. The highest BCUT2D eigenvalue weighted by molar-refractivity contribution is 6.07. The first-order valence-electron chi connectivity index (χ1n) is 7.93. The molecule has 21 heavy (non-hydrogen) atoms. The van der Waals surface area contributed by atoms with Crippen molar-refractivity contribution in [1.29, 1.82) is 0 Å². The van der Waals surface area contributed by atoms with Crippen LogP contribution < -0.4 is 5.32 Å². The number of benzene rings is 1. The van der Waals surface area contributed by atoms with E-state index in [9.17, 15) is 9.59 Å². The molecule has 0 bridgehead atoms. The van der Waals surface area contributed by atoms with Gasteiger partial charge in [0.15, 0.2) is 0 Å². The summed E-state index contributed by atoms with van der Waals surface area (Å²) in [5.41, 5.74) is 3.43. The third kappa shape index (κ3) is 1.88. The van der Waals surface area contributed by atoms with E-state index < -0.39 is 5.54 Å². The maximum atomic E-state index is 12.2. The average molecular weight is 284 g/mol. The lowest BCUT2D eigenvalue weighted by atomic mass is 9.95. The van der Waals surface area contributed by atoms with E-state index in [1.165, 1.54) is 24.0 Å². The zero-order valence-electron chi connectivity index (χ0n) is 12.2. The van der Waals surface area contributed by atoms with Crippen molar-refractivity contribution in [3.63, 3.8) is 0 Å². The normalized spacial score (nSPS) is 23.0. The first kappa shape index (κ1) is 12.9. The van der Waals surface area contributed by atoms with Gasteiger partial charge in [0.1, 0.15) is 5.54 Å². The Morgan fingerprint density at radius 2 is 1.81 bits per heavy atom. The lowest BCUT2D eigenvalue weighted by Crippen LogP contribution is -2.46. The fourth-order valence-corrected chi connectivity index (χ4v) is 4.18. The molecule has 1 aliphatic heterocycles. The van der Waals surface area contributed by atoms with Crippen molar-refractivity contribution in [2.75, 3.05) is 0 Å². The van der Waals surface area contributed by atoms with Crippen LogP contribution in [0.4, 0.5) is 4.79 Å². The van der Waals surface area contributed by atoms with Crippen LogP contribution in [-0.4, -0.2) is 22.4 Å². The Kier molecular flexibility index (Phi) is 2.81. The largest absolute Gasteiger partial charge is 0.325 e. The zero-order chi connectivity index (χ0) is 14.4. The number of hydrogen-bond acceptors (Lipinski definition) is 2. The molecule has 0 unspecified atom stereocenters. The monoisotopic (exact) mass is 284 g/mol. The zero-order valence-corrected chi connectivity index (χ0v) is 12.2. The molecule has 2 fully saturated rings. The minimum atomic E-state index is -0.573. The SMILES string of the molecule is O=C1NC(=O)C2(CCCC2)N1Cc1ccc2c(c1)CCC2. The van der Waals surface area contributed by atoms with E-state index >= 15 is 0 Å². The molecule has 1 aromatic rings. The van der Waals surface area contributed by atoms with Crippen molar-refractivity contribution in [3.8, 4) is 0 Å². The highest BCUT2D eigenvalue weighted by Crippen LogP contribution is 2.39. The molecule has 110 valence electrons. The molecule has 3 aliphatic rings. The van der Waals surface area contributed by atoms with Crippen molar-refractivity contribution in [2.45, 2.75) is 57.0 Å². The third-order valence-electron chi connectivity index (χ3n) is 5.34. The maximum absolute atomic E-state index is 12.2. The predicted molar refractivity (Wildman–Crippen MR) is 78.7 cm³/mol. The molecule has 0 atom stereocenters. The van der Waals surface area contributed by atoms with Crippen LogP contribution in [0.2, 0.25) is 0 Å². The number of carbonyl (C=O) groups excluding carboxylic acids is 2. The number of nitrogens with zero attached hydrogens (tertiary/aromatic N) is 1. The highest BCUT2D eigenvalue weighted by Gasteiger charge is 2.53. The predicted octanol–water partition coefficient (Wildman–Crippen LogP) is 2.54. The Bertz CT molecular complexity index is 617. The molecule has 1 N–H and O–H groups in total. The summed E-state index contributed by atoms with van der Waals surface area (Å²) < 4.78 is 0. The van der Waals surface area contributed by atoms with Crippen LogP contribution in [0.15, 0.2) is 18.2 Å². The molecule has 1 aromatic carbocycles. The fourth-order valence-electron chi connectivity index (χ4n) is 4.18. The number of carbonyl (C=O) groups is 2. The number of fused-ring (bicyclic) bond motifs is 1. The van der Waals surface area contributed by atoms with Gasteiger partial charge in [-0.2, -0.15) is 0 Å². The minimum absolute atomic E-state index is 0.0915. The van der Waals surface area contributed by atoms with Crippen LogP contribution in [0, 0.1) is 0 Å². The number of urea groups is 1. The van der Waals surface area contributed by atoms with Gasteiger partial charge in [0.2, 0.25) is 0 Å². The van der Waals surface area contributed by atoms with E-state index in [4.69, 9.17) is 0 Å². The van der Waals surface area contributed by atoms with Gasteiger partial charge in [0.25, 0.3) is 5.91 Å². The summed E-state index contributed by atoms with van der Waals surface area (Å²) in [7, 11) is 0. The first-order chi connectivity index (χ1) is 10.2. The van der Waals surface area contributed by atoms with E-state index in [0.29, 0.717) is 6.54 Å². The first-order valence-corrected chi connectivity index (χ1v) is 7.93. The second kappa shape index (κ2) is 4.58. The number of rotatable bonds is 2. The van der Waals surface area contributed by atoms with Crippen molar-refractivity contribution in [1.82, 2.24) is 10.2 Å². The summed E-state index contributed by atoms with van der Waals surface area (Å²) in [5.74, 6) is -0.0915. The van der Waals surface area contributed by atoms with Crippen LogP contribution in [0.25, 0.3) is 0 Å². The second-order valence-corrected chi connectivity index (χ2v) is 6.54. The Hall–Kier alpha value is -1.84. The Balaban J connectivity index is 1.63. The van der Waals surface area contributed by atoms with Crippen LogP contribution in [0.1, 0.15) is 48.8 Å². The molecular formula is C17H20N2O2. The summed E-state index contributed by atoms with van der Waals surface area (Å²) in [5, 5.41) is 2.52. The summed E-state index contributed by atoms with van der Waals surface area (Å²) >= 11 is 0. The molecule has 1 saturated carbocycles. The molecule has 4 nitrogen and oxygen atoms in total. The average Bonchev–Trinajstić information content (AvgIpc) is 3.17. The van der Waals surface area contributed by atoms with Gasteiger partial charge in [-0.15, -0.1) is 0 Å². The Labute approximate surface area is 124 Å².